The zero-order chi connectivity index (χ0) is 35.5. The van der Waals surface area contributed by atoms with Crippen LogP contribution < -0.4 is 5.56 Å². The highest BCUT2D eigenvalue weighted by atomic mass is 19.1. The molecule has 8 nitrogen and oxygen atoms in total. The third-order valence-electron chi connectivity index (χ3n) is 14.9. The van der Waals surface area contributed by atoms with E-state index in [0.717, 1.165) is 82.0 Å². The van der Waals surface area contributed by atoms with Crippen LogP contribution >= 0.6 is 0 Å². The molecule has 1 saturated heterocycles. The SMILES string of the molecule is C[C@]12CCC(=O)C[C@@H]1CC[C@@H]1[C@@H]2CC[C@@]2(C)[C@H]1CC[C@@]2(O)CCCN1CCN(C(=O)c2cc(Cc3n[nH]c(=O)c4ccccc34)ccc2F)CC1. The maximum Gasteiger partial charge on any atom is 0.272 e. The van der Waals surface area contributed by atoms with E-state index in [1.165, 1.54) is 25.3 Å². The number of aliphatic hydroxyl groups is 1. The molecule has 4 aliphatic carbocycles. The van der Waals surface area contributed by atoms with E-state index in [0.29, 0.717) is 60.0 Å². The summed E-state index contributed by atoms with van der Waals surface area (Å²) in [5.41, 5.74) is 0.832. The number of Topliss-reactive ketones (excluding diaryl/α,β-unsaturated/α-hetero) is 1. The van der Waals surface area contributed by atoms with Crippen molar-refractivity contribution in [1.82, 2.24) is 20.0 Å². The van der Waals surface area contributed by atoms with Crippen LogP contribution in [0, 0.1) is 40.3 Å². The first-order chi connectivity index (χ1) is 24.5. The van der Waals surface area contributed by atoms with Gasteiger partial charge in [-0.05, 0) is 123 Å². The van der Waals surface area contributed by atoms with Gasteiger partial charge < -0.3 is 10.0 Å². The Morgan fingerprint density at radius 1 is 0.961 bits per heavy atom. The third kappa shape index (κ3) is 5.96. The summed E-state index contributed by atoms with van der Waals surface area (Å²) in [5, 5.41) is 20.4. The summed E-state index contributed by atoms with van der Waals surface area (Å²) in [7, 11) is 0. The Morgan fingerprint density at radius 2 is 1.73 bits per heavy atom. The van der Waals surface area contributed by atoms with Gasteiger partial charge in [-0.15, -0.1) is 0 Å². The number of rotatable bonds is 7. The molecule has 5 aliphatic rings. The first kappa shape index (κ1) is 34.6. The quantitative estimate of drug-likeness (QED) is 0.291. The van der Waals surface area contributed by atoms with Crippen LogP contribution in [-0.2, 0) is 11.2 Å². The molecule has 272 valence electrons. The Hall–Kier alpha value is -3.43. The number of halogens is 1. The molecule has 0 spiro atoms. The van der Waals surface area contributed by atoms with E-state index in [1.54, 1.807) is 23.1 Å². The summed E-state index contributed by atoms with van der Waals surface area (Å²) in [5.74, 6) is 2.11. The number of nitrogens with one attached hydrogen (secondary N) is 1. The van der Waals surface area contributed by atoms with Crippen LogP contribution in [0.4, 0.5) is 4.39 Å². The van der Waals surface area contributed by atoms with Crippen molar-refractivity contribution in [3.05, 3.63) is 75.5 Å². The molecule has 9 heteroatoms. The van der Waals surface area contributed by atoms with Crippen molar-refractivity contribution >= 4 is 22.5 Å². The standard InChI is InChI=1S/C42H53FN4O4/c1-40-16-12-29(48)26-28(40)9-10-32-34(40)13-17-41(2)35(32)14-18-42(41,51)15-5-19-46-20-22-47(23-21-46)39(50)33-24-27(8-11-36(33)43)25-37-30-6-3-4-7-31(30)38(49)45-44-37/h3-4,6-8,11,24,28,32,34-35,51H,5,9-10,12-23,25-26H2,1-2H3,(H,45,49)/t28-,32+,34-,35-,40-,41-,42-/m0/s1. The molecule has 7 atom stereocenters. The molecule has 8 rings (SSSR count). The molecule has 1 aromatic heterocycles. The minimum absolute atomic E-state index is 0.0491. The van der Waals surface area contributed by atoms with Crippen molar-refractivity contribution < 1.29 is 19.1 Å². The predicted molar refractivity (Wildman–Crippen MR) is 195 cm³/mol. The lowest BCUT2D eigenvalue weighted by Crippen LogP contribution is -2.56. The Morgan fingerprint density at radius 3 is 2.53 bits per heavy atom. The van der Waals surface area contributed by atoms with E-state index in [9.17, 15) is 19.5 Å². The van der Waals surface area contributed by atoms with Gasteiger partial charge in [0.2, 0.25) is 0 Å². The summed E-state index contributed by atoms with van der Waals surface area (Å²) in [6.07, 6.45) is 11.3. The number of aromatic amines is 1. The third-order valence-corrected chi connectivity index (χ3v) is 14.9. The molecule has 0 radical (unpaired) electrons. The van der Waals surface area contributed by atoms with Crippen molar-refractivity contribution in [2.75, 3.05) is 32.7 Å². The average Bonchev–Trinajstić information content (AvgIpc) is 3.40. The van der Waals surface area contributed by atoms with Gasteiger partial charge in [0.1, 0.15) is 11.6 Å². The second-order valence-electron chi connectivity index (χ2n) is 17.2. The zero-order valence-electron chi connectivity index (χ0n) is 30.3. The van der Waals surface area contributed by atoms with E-state index in [2.05, 4.69) is 28.9 Å². The number of ketones is 1. The molecule has 1 amide bonds. The number of nitrogens with zero attached hydrogens (tertiary/aromatic N) is 3. The highest BCUT2D eigenvalue weighted by Crippen LogP contribution is 2.68. The van der Waals surface area contributed by atoms with E-state index >= 15 is 4.39 Å². The highest BCUT2D eigenvalue weighted by molar-refractivity contribution is 5.95. The molecule has 0 bridgehead atoms. The smallest absolute Gasteiger partial charge is 0.272 e. The number of hydrogen-bond acceptors (Lipinski definition) is 6. The van der Waals surface area contributed by atoms with Gasteiger partial charge in [0.15, 0.2) is 0 Å². The summed E-state index contributed by atoms with van der Waals surface area (Å²) in [6.45, 7) is 8.28. The number of fused-ring (bicyclic) bond motifs is 6. The van der Waals surface area contributed by atoms with Crippen molar-refractivity contribution in [2.45, 2.75) is 96.5 Å². The lowest BCUT2D eigenvalue weighted by molar-refractivity contribution is -0.158. The van der Waals surface area contributed by atoms with Crippen LogP contribution in [0.25, 0.3) is 10.8 Å². The van der Waals surface area contributed by atoms with Gasteiger partial charge in [-0.2, -0.15) is 5.10 Å². The van der Waals surface area contributed by atoms with Gasteiger partial charge in [-0.3, -0.25) is 19.3 Å². The van der Waals surface area contributed by atoms with Crippen LogP contribution in [-0.4, -0.2) is 75.1 Å². The van der Waals surface area contributed by atoms with E-state index < -0.39 is 11.4 Å². The van der Waals surface area contributed by atoms with Crippen LogP contribution in [0.15, 0.2) is 47.3 Å². The fourth-order valence-corrected chi connectivity index (χ4v) is 11.9. The number of amides is 1. The Balaban J connectivity index is 0.853. The Labute approximate surface area is 300 Å². The number of carbonyl (C=O) groups excluding carboxylic acids is 2. The van der Waals surface area contributed by atoms with Gasteiger partial charge in [0.25, 0.3) is 11.5 Å². The topological polar surface area (TPSA) is 107 Å². The molecule has 51 heavy (non-hydrogen) atoms. The fraction of sp³-hybridized carbons (Fsp3) is 0.619. The molecule has 4 saturated carbocycles. The predicted octanol–water partition coefficient (Wildman–Crippen LogP) is 6.53. The van der Waals surface area contributed by atoms with Crippen molar-refractivity contribution in [3.63, 3.8) is 0 Å². The first-order valence-electron chi connectivity index (χ1n) is 19.5. The van der Waals surface area contributed by atoms with Crippen LogP contribution in [0.1, 0.15) is 106 Å². The average molecular weight is 697 g/mol. The second kappa shape index (κ2) is 13.2. The number of aromatic nitrogens is 2. The summed E-state index contributed by atoms with van der Waals surface area (Å²) in [6, 6.07) is 11.9. The summed E-state index contributed by atoms with van der Waals surface area (Å²) in [4.78, 5) is 42.2. The molecular weight excluding hydrogens is 643 g/mol. The van der Waals surface area contributed by atoms with Gasteiger partial charge in [0.05, 0.1) is 22.2 Å². The Bertz CT molecular complexity index is 1890. The maximum absolute atomic E-state index is 15.0. The minimum Gasteiger partial charge on any atom is -0.389 e. The molecule has 0 unspecified atom stereocenters. The molecule has 5 fully saturated rings. The van der Waals surface area contributed by atoms with Gasteiger partial charge >= 0.3 is 0 Å². The second-order valence-corrected chi connectivity index (χ2v) is 17.2. The number of piperazine rings is 1. The fourth-order valence-electron chi connectivity index (χ4n) is 11.9. The molecule has 3 aromatic rings. The van der Waals surface area contributed by atoms with Crippen LogP contribution in [0.5, 0.6) is 0 Å². The lowest BCUT2D eigenvalue weighted by Gasteiger charge is -2.61. The van der Waals surface area contributed by atoms with Crippen molar-refractivity contribution in [3.8, 4) is 0 Å². The number of benzene rings is 2. The van der Waals surface area contributed by atoms with Crippen LogP contribution in [0.2, 0.25) is 0 Å². The van der Waals surface area contributed by atoms with Gasteiger partial charge in [-0.25, -0.2) is 9.49 Å². The molecule has 2 N–H and O–H groups in total. The van der Waals surface area contributed by atoms with Gasteiger partial charge in [-0.1, -0.05) is 38.1 Å². The normalized spacial score (nSPS) is 33.9. The molecule has 2 aromatic carbocycles. The largest absolute Gasteiger partial charge is 0.389 e. The van der Waals surface area contributed by atoms with E-state index in [1.807, 2.05) is 18.2 Å². The summed E-state index contributed by atoms with van der Waals surface area (Å²) >= 11 is 0. The van der Waals surface area contributed by atoms with E-state index in [4.69, 9.17) is 0 Å². The zero-order valence-corrected chi connectivity index (χ0v) is 30.3. The first-order valence-corrected chi connectivity index (χ1v) is 19.5. The van der Waals surface area contributed by atoms with Crippen LogP contribution in [0.3, 0.4) is 0 Å². The monoisotopic (exact) mass is 696 g/mol. The minimum atomic E-state index is -0.639. The number of carbonyl (C=O) groups is 2. The number of H-pyrrole nitrogens is 1. The van der Waals surface area contributed by atoms with Crippen molar-refractivity contribution in [2.24, 2.45) is 34.5 Å². The lowest BCUT2D eigenvalue weighted by atomic mass is 9.44. The molecular formula is C42H53FN4O4. The van der Waals surface area contributed by atoms with E-state index in [-0.39, 0.29) is 27.9 Å². The van der Waals surface area contributed by atoms with Crippen molar-refractivity contribution in [1.29, 1.82) is 0 Å². The van der Waals surface area contributed by atoms with Gasteiger partial charge in [0, 0.05) is 50.8 Å². The maximum atomic E-state index is 15.0. The highest BCUT2D eigenvalue weighted by Gasteiger charge is 2.64. The number of hydrogen-bond donors (Lipinski definition) is 2. The Kier molecular flexibility index (Phi) is 8.97. The molecule has 2 heterocycles. The summed E-state index contributed by atoms with van der Waals surface area (Å²) < 4.78 is 15.0. The molecule has 1 aliphatic heterocycles.